The van der Waals surface area contributed by atoms with Gasteiger partial charge in [0.2, 0.25) is 16.6 Å². The number of nitrogens with two attached hydrogens (primary N) is 1. The first-order valence-electron chi connectivity index (χ1n) is 8.69. The lowest BCUT2D eigenvalue weighted by Crippen LogP contribution is -3.00. The number of nitrogens with one attached hydrogen (secondary N) is 2. The minimum absolute atomic E-state index is 0. The van der Waals surface area contributed by atoms with Crippen LogP contribution in [-0.4, -0.2) is 20.2 Å². The molecule has 0 unspecified atom stereocenters. The molecule has 0 spiro atoms. The molecule has 1 aromatic heterocycles. The third-order valence-corrected chi connectivity index (χ3v) is 5.20. The number of primary sulfonamides is 1. The Bertz CT molecular complexity index is 1180. The summed E-state index contributed by atoms with van der Waals surface area (Å²) in [6, 6.07) is 15.5. The van der Waals surface area contributed by atoms with E-state index in [1.54, 1.807) is 53.4 Å². The van der Waals surface area contributed by atoms with Crippen molar-refractivity contribution in [3.63, 3.8) is 0 Å². The molecule has 31 heavy (non-hydrogen) atoms. The monoisotopic (exact) mass is 480 g/mol. The highest BCUT2D eigenvalue weighted by Crippen LogP contribution is 2.14. The number of pyridine rings is 1. The molecule has 0 bridgehead atoms. The summed E-state index contributed by atoms with van der Waals surface area (Å²) in [5.41, 5.74) is 1.39. The number of anilines is 2. The first-order chi connectivity index (χ1) is 14.2. The molecule has 0 aliphatic heterocycles. The van der Waals surface area contributed by atoms with Gasteiger partial charge >= 0.3 is 0 Å². The molecule has 4 N–H and O–H groups in total. The van der Waals surface area contributed by atoms with Crippen LogP contribution in [0.15, 0.2) is 78.0 Å². The SMILES string of the molecule is NS(=O)(=O)c1ccc(NC(=O)C[n+]2cccc(C(=O)Nc3ccc(Cl)cc3)c2)cc1.[Cl-]. The molecular formula is C20H18Cl2N4O4S. The Morgan fingerprint density at radius 2 is 1.52 bits per heavy atom. The topological polar surface area (TPSA) is 122 Å². The van der Waals surface area contributed by atoms with Gasteiger partial charge in [-0.1, -0.05) is 11.6 Å². The van der Waals surface area contributed by atoms with E-state index in [0.717, 1.165) is 0 Å². The second-order valence-corrected chi connectivity index (χ2v) is 8.34. The van der Waals surface area contributed by atoms with Crippen LogP contribution in [0.5, 0.6) is 0 Å². The van der Waals surface area contributed by atoms with Crippen LogP contribution in [-0.2, 0) is 21.4 Å². The van der Waals surface area contributed by atoms with Gasteiger partial charge in [-0.15, -0.1) is 0 Å². The lowest BCUT2D eigenvalue weighted by atomic mass is 10.2. The van der Waals surface area contributed by atoms with Crippen molar-refractivity contribution in [1.29, 1.82) is 0 Å². The summed E-state index contributed by atoms with van der Waals surface area (Å²) < 4.78 is 24.1. The number of carbonyl (C=O) groups excluding carboxylic acids is 2. The van der Waals surface area contributed by atoms with Crippen LogP contribution in [0.25, 0.3) is 0 Å². The van der Waals surface area contributed by atoms with E-state index in [1.165, 1.54) is 24.3 Å². The van der Waals surface area contributed by atoms with E-state index >= 15 is 0 Å². The van der Waals surface area contributed by atoms with E-state index in [2.05, 4.69) is 10.6 Å². The van der Waals surface area contributed by atoms with Crippen LogP contribution < -0.4 is 32.7 Å². The van der Waals surface area contributed by atoms with Crippen LogP contribution >= 0.6 is 11.6 Å². The van der Waals surface area contributed by atoms with E-state index in [1.807, 2.05) is 0 Å². The maximum Gasteiger partial charge on any atom is 0.290 e. The van der Waals surface area contributed by atoms with Gasteiger partial charge in [0, 0.05) is 22.5 Å². The van der Waals surface area contributed by atoms with Crippen LogP contribution in [0.4, 0.5) is 11.4 Å². The fourth-order valence-electron chi connectivity index (χ4n) is 2.59. The van der Waals surface area contributed by atoms with Gasteiger partial charge in [0.15, 0.2) is 12.4 Å². The van der Waals surface area contributed by atoms with E-state index in [0.29, 0.717) is 22.0 Å². The maximum atomic E-state index is 12.4. The molecule has 3 aromatic rings. The number of nitrogens with zero attached hydrogens (tertiary/aromatic N) is 1. The first-order valence-corrected chi connectivity index (χ1v) is 10.6. The fourth-order valence-corrected chi connectivity index (χ4v) is 3.23. The number of rotatable bonds is 6. The molecule has 0 saturated heterocycles. The van der Waals surface area contributed by atoms with E-state index in [9.17, 15) is 18.0 Å². The zero-order chi connectivity index (χ0) is 21.7. The van der Waals surface area contributed by atoms with Gasteiger partial charge in [-0.25, -0.2) is 13.6 Å². The van der Waals surface area contributed by atoms with E-state index < -0.39 is 10.0 Å². The Kier molecular flexibility index (Phi) is 8.12. The van der Waals surface area contributed by atoms with Crippen molar-refractivity contribution in [1.82, 2.24) is 0 Å². The fraction of sp³-hybridized carbons (Fsp3) is 0.0500. The van der Waals surface area contributed by atoms with Crippen molar-refractivity contribution < 1.29 is 35.0 Å². The summed E-state index contributed by atoms with van der Waals surface area (Å²) in [4.78, 5) is 24.7. The Morgan fingerprint density at radius 3 is 2.13 bits per heavy atom. The number of amides is 2. The third kappa shape index (κ3) is 7.04. The highest BCUT2D eigenvalue weighted by Gasteiger charge is 2.15. The second kappa shape index (κ2) is 10.4. The molecule has 0 fully saturated rings. The maximum absolute atomic E-state index is 12.4. The Labute approximate surface area is 190 Å². The van der Waals surface area contributed by atoms with Crippen molar-refractivity contribution in [3.05, 3.63) is 83.6 Å². The number of hydrogen-bond donors (Lipinski definition) is 3. The number of hydrogen-bond acceptors (Lipinski definition) is 4. The lowest BCUT2D eigenvalue weighted by molar-refractivity contribution is -0.684. The predicted molar refractivity (Wildman–Crippen MR) is 112 cm³/mol. The van der Waals surface area contributed by atoms with Crippen molar-refractivity contribution in [2.75, 3.05) is 10.6 Å². The highest BCUT2D eigenvalue weighted by molar-refractivity contribution is 7.89. The van der Waals surface area contributed by atoms with Crippen LogP contribution in [0.1, 0.15) is 10.4 Å². The number of sulfonamides is 1. The average Bonchev–Trinajstić information content (AvgIpc) is 2.69. The minimum atomic E-state index is -3.80. The van der Waals surface area contributed by atoms with Gasteiger partial charge in [-0.3, -0.25) is 9.59 Å². The molecule has 0 atom stereocenters. The van der Waals surface area contributed by atoms with E-state index in [-0.39, 0.29) is 35.7 Å². The summed E-state index contributed by atoms with van der Waals surface area (Å²) in [5.74, 6) is -0.677. The Balaban J connectivity index is 0.00000341. The van der Waals surface area contributed by atoms with Crippen LogP contribution in [0, 0.1) is 0 Å². The minimum Gasteiger partial charge on any atom is -1.00 e. The number of aromatic nitrogens is 1. The van der Waals surface area contributed by atoms with Crippen LogP contribution in [0.2, 0.25) is 5.02 Å². The predicted octanol–water partition coefficient (Wildman–Crippen LogP) is -0.830. The van der Waals surface area contributed by atoms with Gasteiger partial charge in [0.25, 0.3) is 11.8 Å². The highest BCUT2D eigenvalue weighted by atomic mass is 35.5. The van der Waals surface area contributed by atoms with Crippen LogP contribution in [0.3, 0.4) is 0 Å². The zero-order valence-corrected chi connectivity index (χ0v) is 18.3. The summed E-state index contributed by atoms with van der Waals surface area (Å²) >= 11 is 5.83. The standard InChI is InChI=1S/C20H17ClN4O4S.ClH/c21-15-3-5-17(6-4-15)24-20(27)14-2-1-11-25(12-14)13-19(26)23-16-7-9-18(10-8-16)30(22,28)29;/h1-12H,13H2,(H3-,22,23,24,26,27,28,29);1H. The molecule has 2 aromatic carbocycles. The summed E-state index contributed by atoms with van der Waals surface area (Å²) in [6.07, 6.45) is 3.21. The summed E-state index contributed by atoms with van der Waals surface area (Å²) in [6.45, 7) is -0.0427. The molecule has 0 saturated carbocycles. The van der Waals surface area contributed by atoms with Gasteiger partial charge < -0.3 is 23.0 Å². The van der Waals surface area contributed by atoms with E-state index in [4.69, 9.17) is 16.7 Å². The van der Waals surface area contributed by atoms with Crippen molar-refractivity contribution >= 4 is 44.8 Å². The van der Waals surface area contributed by atoms with Gasteiger partial charge in [0.1, 0.15) is 5.56 Å². The second-order valence-electron chi connectivity index (χ2n) is 6.34. The Hall–Kier alpha value is -2.98. The molecule has 0 aliphatic rings. The normalized spacial score (nSPS) is 10.6. The smallest absolute Gasteiger partial charge is 0.290 e. The van der Waals surface area contributed by atoms with Gasteiger partial charge in [-0.05, 0) is 54.6 Å². The molecule has 2 amide bonds. The number of halogens is 2. The van der Waals surface area contributed by atoms with Crippen molar-refractivity contribution in [3.8, 4) is 0 Å². The third-order valence-electron chi connectivity index (χ3n) is 4.02. The van der Waals surface area contributed by atoms with Gasteiger partial charge in [0.05, 0.1) is 4.90 Å². The van der Waals surface area contributed by atoms with Crippen molar-refractivity contribution in [2.45, 2.75) is 11.4 Å². The molecule has 162 valence electrons. The molecule has 11 heteroatoms. The van der Waals surface area contributed by atoms with Gasteiger partial charge in [-0.2, -0.15) is 4.57 Å². The average molecular weight is 481 g/mol. The zero-order valence-electron chi connectivity index (χ0n) is 16.0. The summed E-state index contributed by atoms with van der Waals surface area (Å²) in [5, 5.41) is 11.0. The largest absolute Gasteiger partial charge is 1.00 e. The first kappa shape index (κ1) is 24.3. The molecule has 0 aliphatic carbocycles. The molecule has 0 radical (unpaired) electrons. The molecule has 1 heterocycles. The lowest BCUT2D eigenvalue weighted by Gasteiger charge is -2.06. The summed E-state index contributed by atoms with van der Waals surface area (Å²) in [7, 11) is -3.80. The quantitative estimate of drug-likeness (QED) is 0.398. The molecule has 3 rings (SSSR count). The Morgan fingerprint density at radius 1 is 0.935 bits per heavy atom. The molecular weight excluding hydrogens is 463 g/mol. The molecule has 8 nitrogen and oxygen atoms in total. The van der Waals surface area contributed by atoms with Crippen molar-refractivity contribution in [2.24, 2.45) is 5.14 Å². The number of benzene rings is 2. The number of carbonyl (C=O) groups is 2.